The lowest BCUT2D eigenvalue weighted by Crippen LogP contribution is -2.34. The minimum Gasteiger partial charge on any atom is -0.462 e. The maximum Gasteiger partial charge on any atom is 0.519 e. The minimum absolute atomic E-state index is 0.0206. The smallest absolute Gasteiger partial charge is 0.462 e. The van der Waals surface area contributed by atoms with Gasteiger partial charge in [-0.1, -0.05) is 5.92 Å². The standard InChI is InChI=1S/C28H33FN6O10/c1-7-28(14-41-19(36)9-8-12-34(6)25(38)40-13-17-16(2)42-26(39)43-17)11-10-18(44-28)35-15-30-20-21(31-23(29)33-22(20)35)32-24(37)45-27(3,4)5/h1,15,18H,8-14H2,2-6H3,(H,31,32,33,37)/t18-,28+/m1/s1. The Hall–Kier alpha value is -4.98. The van der Waals surface area contributed by atoms with E-state index >= 15 is 0 Å². The maximum atomic E-state index is 14.3. The fourth-order valence-corrected chi connectivity index (χ4v) is 4.34. The number of fused-ring (bicyclic) bond motifs is 1. The number of esters is 1. The number of aromatic nitrogens is 4. The van der Waals surface area contributed by atoms with E-state index in [0.29, 0.717) is 12.8 Å². The van der Waals surface area contributed by atoms with E-state index in [9.17, 15) is 23.6 Å². The number of carbonyl (C=O) groups excluding carboxylic acids is 3. The van der Waals surface area contributed by atoms with Gasteiger partial charge in [-0.3, -0.25) is 14.7 Å². The van der Waals surface area contributed by atoms with Crippen LogP contribution in [0.4, 0.5) is 19.8 Å². The second kappa shape index (κ2) is 13.3. The average molecular weight is 633 g/mol. The molecule has 0 saturated carbocycles. The minimum atomic E-state index is -1.26. The first-order chi connectivity index (χ1) is 21.2. The summed E-state index contributed by atoms with van der Waals surface area (Å²) in [4.78, 5) is 60.9. The van der Waals surface area contributed by atoms with Gasteiger partial charge < -0.3 is 32.7 Å². The summed E-state index contributed by atoms with van der Waals surface area (Å²) in [5, 5.41) is 2.39. The van der Waals surface area contributed by atoms with E-state index < -0.39 is 47.5 Å². The van der Waals surface area contributed by atoms with Crippen LogP contribution in [0.2, 0.25) is 0 Å². The zero-order valence-electron chi connectivity index (χ0n) is 25.4. The molecule has 45 heavy (non-hydrogen) atoms. The zero-order chi connectivity index (χ0) is 32.9. The molecule has 1 N–H and O–H groups in total. The number of terminal acetylenes is 1. The van der Waals surface area contributed by atoms with Gasteiger partial charge in [0.15, 0.2) is 40.7 Å². The Bertz CT molecular complexity index is 1670. The molecule has 0 radical (unpaired) electrons. The fraction of sp³-hybridized carbons (Fsp3) is 0.536. The maximum absolute atomic E-state index is 14.3. The van der Waals surface area contributed by atoms with Crippen LogP contribution in [0, 0.1) is 25.3 Å². The number of imidazole rings is 1. The van der Waals surface area contributed by atoms with Gasteiger partial charge in [-0.05, 0) is 47.0 Å². The molecule has 16 nitrogen and oxygen atoms in total. The first kappa shape index (κ1) is 32.9. The van der Waals surface area contributed by atoms with E-state index in [0.717, 1.165) is 0 Å². The van der Waals surface area contributed by atoms with E-state index in [1.807, 2.05) is 0 Å². The molecule has 242 valence electrons. The highest BCUT2D eigenvalue weighted by molar-refractivity contribution is 5.93. The Kier molecular flexibility index (Phi) is 9.76. The molecular weight excluding hydrogens is 599 g/mol. The van der Waals surface area contributed by atoms with E-state index in [1.54, 1.807) is 20.8 Å². The Morgan fingerprint density at radius 1 is 1.27 bits per heavy atom. The summed E-state index contributed by atoms with van der Waals surface area (Å²) in [6, 6.07) is 0. The fourth-order valence-electron chi connectivity index (χ4n) is 4.34. The van der Waals surface area contributed by atoms with E-state index in [-0.39, 0.29) is 61.1 Å². The van der Waals surface area contributed by atoms with Crippen molar-refractivity contribution in [3.8, 4) is 12.3 Å². The number of hydrogen-bond donors (Lipinski definition) is 1. The van der Waals surface area contributed by atoms with Crippen molar-refractivity contribution in [3.05, 3.63) is 34.5 Å². The summed E-state index contributed by atoms with van der Waals surface area (Å²) < 4.78 is 47.1. The number of amides is 2. The molecule has 3 aromatic heterocycles. The van der Waals surface area contributed by atoms with Gasteiger partial charge in [-0.25, -0.2) is 19.4 Å². The summed E-state index contributed by atoms with van der Waals surface area (Å²) in [5.74, 6) is 1.23. The van der Waals surface area contributed by atoms with Crippen molar-refractivity contribution >= 4 is 35.1 Å². The van der Waals surface area contributed by atoms with Crippen molar-refractivity contribution in [3.63, 3.8) is 0 Å². The summed E-state index contributed by atoms with van der Waals surface area (Å²) in [5.41, 5.74) is -1.90. The molecule has 3 aromatic rings. The van der Waals surface area contributed by atoms with E-state index in [2.05, 4.69) is 26.2 Å². The van der Waals surface area contributed by atoms with Crippen LogP contribution >= 0.6 is 0 Å². The third-order valence-corrected chi connectivity index (χ3v) is 6.56. The van der Waals surface area contributed by atoms with E-state index in [4.69, 9.17) is 34.2 Å². The van der Waals surface area contributed by atoms with Crippen molar-refractivity contribution in [2.24, 2.45) is 0 Å². The van der Waals surface area contributed by atoms with Crippen molar-refractivity contribution in [2.75, 3.05) is 25.5 Å². The van der Waals surface area contributed by atoms with Crippen molar-refractivity contribution in [1.29, 1.82) is 0 Å². The molecule has 2 atom stereocenters. The number of carbonyl (C=O) groups is 3. The van der Waals surface area contributed by atoms with Gasteiger partial charge >= 0.3 is 30.1 Å². The number of aryl methyl sites for hydroxylation is 1. The summed E-state index contributed by atoms with van der Waals surface area (Å²) >= 11 is 0. The average Bonchev–Trinajstić information content (AvgIpc) is 3.66. The Balaban J connectivity index is 1.28. The Morgan fingerprint density at radius 3 is 2.69 bits per heavy atom. The van der Waals surface area contributed by atoms with Gasteiger partial charge in [0.2, 0.25) is 0 Å². The molecule has 0 aromatic carbocycles. The van der Waals surface area contributed by atoms with Crippen LogP contribution in [0.3, 0.4) is 0 Å². The summed E-state index contributed by atoms with van der Waals surface area (Å²) in [6.45, 7) is 6.20. The number of nitrogens with zero attached hydrogens (tertiary/aromatic N) is 5. The lowest BCUT2D eigenvalue weighted by molar-refractivity contribution is -0.152. The Morgan fingerprint density at radius 2 is 2.02 bits per heavy atom. The lowest BCUT2D eigenvalue weighted by atomic mass is 10.0. The van der Waals surface area contributed by atoms with Crippen LogP contribution in [-0.4, -0.2) is 74.0 Å². The largest absolute Gasteiger partial charge is 0.519 e. The molecular formula is C28H33FN6O10. The number of anilines is 1. The molecule has 0 spiro atoms. The highest BCUT2D eigenvalue weighted by atomic mass is 19.1. The lowest BCUT2D eigenvalue weighted by Gasteiger charge is -2.24. The number of nitrogens with one attached hydrogen (secondary N) is 1. The summed E-state index contributed by atoms with van der Waals surface area (Å²) in [6.07, 6.45) is 4.67. The number of rotatable bonds is 10. The topological polar surface area (TPSA) is 190 Å². The monoisotopic (exact) mass is 632 g/mol. The van der Waals surface area contributed by atoms with Gasteiger partial charge in [0.05, 0.1) is 6.33 Å². The SMILES string of the molecule is C#C[C@@]1(COC(=O)CCCN(C)C(=O)OCc2oc(=O)oc2C)CC[C@H](n2cnc3c(NC(=O)OC(C)(C)C)nc(F)nc32)O1. The molecule has 0 aliphatic carbocycles. The van der Waals surface area contributed by atoms with Crippen molar-refractivity contribution < 1.29 is 46.6 Å². The van der Waals surface area contributed by atoms with Crippen LogP contribution in [0.1, 0.15) is 64.2 Å². The highest BCUT2D eigenvalue weighted by Crippen LogP contribution is 2.38. The van der Waals surface area contributed by atoms with Gasteiger partial charge in [0.25, 0.3) is 0 Å². The molecule has 1 fully saturated rings. The van der Waals surface area contributed by atoms with Crippen LogP contribution in [0.25, 0.3) is 11.2 Å². The quantitative estimate of drug-likeness (QED) is 0.148. The van der Waals surface area contributed by atoms with Crippen LogP contribution in [-0.2, 0) is 30.3 Å². The second-order valence-corrected chi connectivity index (χ2v) is 11.2. The third-order valence-electron chi connectivity index (χ3n) is 6.56. The molecule has 2 amide bonds. The number of halogens is 1. The van der Waals surface area contributed by atoms with E-state index in [1.165, 1.54) is 29.8 Å². The third kappa shape index (κ3) is 8.35. The normalized spacial score (nSPS) is 17.9. The molecule has 4 heterocycles. The van der Waals surface area contributed by atoms with Gasteiger partial charge in [0, 0.05) is 20.0 Å². The molecule has 0 bridgehead atoms. The second-order valence-electron chi connectivity index (χ2n) is 11.2. The molecule has 17 heteroatoms. The predicted molar refractivity (Wildman–Crippen MR) is 151 cm³/mol. The predicted octanol–water partition coefficient (Wildman–Crippen LogP) is 3.44. The molecule has 0 unspecified atom stereocenters. The van der Waals surface area contributed by atoms with Gasteiger partial charge in [-0.15, -0.1) is 6.42 Å². The zero-order valence-corrected chi connectivity index (χ0v) is 25.4. The van der Waals surface area contributed by atoms with Crippen LogP contribution in [0.15, 0.2) is 20.0 Å². The first-order valence-corrected chi connectivity index (χ1v) is 13.9. The molecule has 1 saturated heterocycles. The van der Waals surface area contributed by atoms with Crippen molar-refractivity contribution in [1.82, 2.24) is 24.4 Å². The van der Waals surface area contributed by atoms with Gasteiger partial charge in [0.1, 0.15) is 18.4 Å². The Labute approximate surface area is 256 Å². The summed E-state index contributed by atoms with van der Waals surface area (Å²) in [7, 11) is 1.49. The van der Waals surface area contributed by atoms with Crippen LogP contribution in [0.5, 0.6) is 0 Å². The number of hydrogen-bond acceptors (Lipinski definition) is 13. The number of ether oxygens (including phenoxy) is 4. The molecule has 1 aliphatic heterocycles. The molecule has 1 aliphatic rings. The van der Waals surface area contributed by atoms with Crippen molar-refractivity contribution in [2.45, 2.75) is 77.4 Å². The first-order valence-electron chi connectivity index (χ1n) is 13.9. The van der Waals surface area contributed by atoms with Gasteiger partial charge in [-0.2, -0.15) is 14.4 Å². The van der Waals surface area contributed by atoms with Crippen LogP contribution < -0.4 is 11.1 Å². The highest BCUT2D eigenvalue weighted by Gasteiger charge is 2.41. The molecule has 4 rings (SSSR count).